The van der Waals surface area contributed by atoms with E-state index < -0.39 is 6.10 Å². The Balaban J connectivity index is 1.91. The van der Waals surface area contributed by atoms with E-state index in [9.17, 15) is 5.11 Å². The third-order valence-electron chi connectivity index (χ3n) is 3.21. The molecule has 0 saturated heterocycles. The van der Waals surface area contributed by atoms with Crippen molar-refractivity contribution in [2.24, 2.45) is 0 Å². The van der Waals surface area contributed by atoms with Gasteiger partial charge in [0.1, 0.15) is 0 Å². The van der Waals surface area contributed by atoms with Crippen molar-refractivity contribution in [1.29, 1.82) is 0 Å². The molecule has 1 aromatic carbocycles. The molecule has 102 valence electrons. The van der Waals surface area contributed by atoms with Gasteiger partial charge in [-0.2, -0.15) is 4.98 Å². The Kier molecular flexibility index (Phi) is 3.43. The highest BCUT2D eigenvalue weighted by Crippen LogP contribution is 2.21. The summed E-state index contributed by atoms with van der Waals surface area (Å²) in [6.45, 7) is 1.91. The number of benzene rings is 1. The van der Waals surface area contributed by atoms with E-state index >= 15 is 0 Å². The van der Waals surface area contributed by atoms with Crippen molar-refractivity contribution < 1.29 is 9.63 Å². The van der Waals surface area contributed by atoms with Crippen molar-refractivity contribution in [2.45, 2.75) is 25.9 Å². The zero-order chi connectivity index (χ0) is 13.9. The van der Waals surface area contributed by atoms with Gasteiger partial charge in [0.2, 0.25) is 11.7 Å². The summed E-state index contributed by atoms with van der Waals surface area (Å²) >= 11 is 0. The fourth-order valence-corrected chi connectivity index (χ4v) is 2.02. The molecule has 20 heavy (non-hydrogen) atoms. The molecule has 5 nitrogen and oxygen atoms in total. The molecule has 0 saturated carbocycles. The molecule has 0 fully saturated rings. The summed E-state index contributed by atoms with van der Waals surface area (Å²) in [7, 11) is 0. The highest BCUT2D eigenvalue weighted by Gasteiger charge is 2.12. The van der Waals surface area contributed by atoms with Crippen molar-refractivity contribution in [3.8, 4) is 11.4 Å². The largest absolute Gasteiger partial charge is 0.393 e. The van der Waals surface area contributed by atoms with Crippen LogP contribution in [-0.2, 0) is 6.42 Å². The molecule has 0 radical (unpaired) electrons. The third-order valence-corrected chi connectivity index (χ3v) is 3.21. The summed E-state index contributed by atoms with van der Waals surface area (Å²) in [6.07, 6.45) is 2.38. The van der Waals surface area contributed by atoms with Gasteiger partial charge in [-0.3, -0.25) is 4.98 Å². The van der Waals surface area contributed by atoms with Gasteiger partial charge in [0.15, 0.2) is 0 Å². The number of rotatable bonds is 4. The quantitative estimate of drug-likeness (QED) is 0.788. The second-order valence-corrected chi connectivity index (χ2v) is 4.69. The van der Waals surface area contributed by atoms with Gasteiger partial charge in [0, 0.05) is 17.1 Å². The number of aromatic nitrogens is 3. The van der Waals surface area contributed by atoms with Gasteiger partial charge >= 0.3 is 0 Å². The molecule has 5 heteroatoms. The van der Waals surface area contributed by atoms with E-state index in [0.717, 1.165) is 16.5 Å². The van der Waals surface area contributed by atoms with Crippen LogP contribution >= 0.6 is 0 Å². The number of pyridine rings is 1. The Morgan fingerprint density at radius 1 is 1.30 bits per heavy atom. The number of fused-ring (bicyclic) bond motifs is 1. The molecule has 1 N–H and O–H groups in total. The highest BCUT2D eigenvalue weighted by molar-refractivity contribution is 5.82. The molecule has 0 bridgehead atoms. The summed E-state index contributed by atoms with van der Waals surface area (Å²) in [6, 6.07) is 9.72. The lowest BCUT2D eigenvalue weighted by atomic mass is 10.1. The molecule has 1 unspecified atom stereocenters. The van der Waals surface area contributed by atoms with Crippen LogP contribution in [0.15, 0.2) is 41.1 Å². The Morgan fingerprint density at radius 3 is 3.05 bits per heavy atom. The maximum atomic E-state index is 9.60. The predicted molar refractivity (Wildman–Crippen MR) is 75.0 cm³/mol. The molecule has 3 rings (SSSR count). The second-order valence-electron chi connectivity index (χ2n) is 4.69. The van der Waals surface area contributed by atoms with Gasteiger partial charge in [-0.05, 0) is 30.7 Å². The Labute approximate surface area is 116 Å². The monoisotopic (exact) mass is 269 g/mol. The van der Waals surface area contributed by atoms with Crippen LogP contribution < -0.4 is 0 Å². The smallest absolute Gasteiger partial charge is 0.229 e. The first-order chi connectivity index (χ1) is 9.76. The van der Waals surface area contributed by atoms with E-state index in [-0.39, 0.29) is 0 Å². The molecular weight excluding hydrogens is 254 g/mol. The normalized spacial score (nSPS) is 12.7. The van der Waals surface area contributed by atoms with Gasteiger partial charge in [-0.1, -0.05) is 18.1 Å². The topological polar surface area (TPSA) is 72.0 Å². The van der Waals surface area contributed by atoms with Crippen molar-refractivity contribution in [2.75, 3.05) is 0 Å². The summed E-state index contributed by atoms with van der Waals surface area (Å²) in [4.78, 5) is 8.59. The SMILES string of the molecule is CCC(O)Cc1nc(-c2ccc3ncccc3c2)no1. The van der Waals surface area contributed by atoms with E-state index in [1.54, 1.807) is 6.20 Å². The molecular formula is C15H15N3O2. The fraction of sp³-hybridized carbons (Fsp3) is 0.267. The van der Waals surface area contributed by atoms with Crippen LogP contribution in [0.5, 0.6) is 0 Å². The molecule has 2 aromatic heterocycles. The Hall–Kier alpha value is -2.27. The zero-order valence-electron chi connectivity index (χ0n) is 11.2. The summed E-state index contributed by atoms with van der Waals surface area (Å²) in [5, 5.41) is 14.6. The number of nitrogens with zero attached hydrogens (tertiary/aromatic N) is 3. The van der Waals surface area contributed by atoms with Gasteiger partial charge < -0.3 is 9.63 Å². The van der Waals surface area contributed by atoms with Gasteiger partial charge in [-0.25, -0.2) is 0 Å². The van der Waals surface area contributed by atoms with Crippen LogP contribution in [0.25, 0.3) is 22.3 Å². The Morgan fingerprint density at radius 2 is 2.20 bits per heavy atom. The summed E-state index contributed by atoms with van der Waals surface area (Å²) < 4.78 is 5.17. The van der Waals surface area contributed by atoms with Gasteiger partial charge in [0.25, 0.3) is 0 Å². The average molecular weight is 269 g/mol. The first kappa shape index (κ1) is 12.7. The van der Waals surface area contributed by atoms with Crippen LogP contribution in [0.1, 0.15) is 19.2 Å². The molecule has 2 heterocycles. The highest BCUT2D eigenvalue weighted by atomic mass is 16.5. The van der Waals surface area contributed by atoms with E-state index in [2.05, 4.69) is 15.1 Å². The Bertz CT molecular complexity index is 724. The van der Waals surface area contributed by atoms with Crippen LogP contribution in [0.4, 0.5) is 0 Å². The minimum Gasteiger partial charge on any atom is -0.393 e. The van der Waals surface area contributed by atoms with Crippen LogP contribution in [0.2, 0.25) is 0 Å². The lowest BCUT2D eigenvalue weighted by molar-refractivity contribution is 0.158. The third kappa shape index (κ3) is 2.53. The molecule has 1 atom stereocenters. The lowest BCUT2D eigenvalue weighted by Gasteiger charge is -2.01. The summed E-state index contributed by atoms with van der Waals surface area (Å²) in [5.74, 6) is 0.995. The van der Waals surface area contributed by atoms with Crippen molar-refractivity contribution >= 4 is 10.9 Å². The number of hydrogen-bond donors (Lipinski definition) is 1. The van der Waals surface area contributed by atoms with E-state index in [1.807, 2.05) is 37.3 Å². The standard InChI is InChI=1S/C15H15N3O2/c1-2-12(19)9-14-17-15(18-20-14)11-5-6-13-10(8-11)4-3-7-16-13/h3-8,12,19H,2,9H2,1H3. The minimum atomic E-state index is -0.441. The van der Waals surface area contributed by atoms with Gasteiger partial charge in [-0.15, -0.1) is 0 Å². The van der Waals surface area contributed by atoms with E-state index in [4.69, 9.17) is 4.52 Å². The van der Waals surface area contributed by atoms with E-state index in [0.29, 0.717) is 24.6 Å². The van der Waals surface area contributed by atoms with Crippen molar-refractivity contribution in [3.05, 3.63) is 42.4 Å². The fourth-order valence-electron chi connectivity index (χ4n) is 2.02. The first-order valence-corrected chi connectivity index (χ1v) is 6.62. The summed E-state index contributed by atoms with van der Waals surface area (Å²) in [5.41, 5.74) is 1.81. The number of aliphatic hydroxyl groups is 1. The molecule has 0 amide bonds. The lowest BCUT2D eigenvalue weighted by Crippen LogP contribution is -2.08. The van der Waals surface area contributed by atoms with E-state index in [1.165, 1.54) is 0 Å². The number of hydrogen-bond acceptors (Lipinski definition) is 5. The molecule has 0 aliphatic heterocycles. The second kappa shape index (κ2) is 5.38. The average Bonchev–Trinajstić information content (AvgIpc) is 2.95. The first-order valence-electron chi connectivity index (χ1n) is 6.62. The van der Waals surface area contributed by atoms with Crippen molar-refractivity contribution in [1.82, 2.24) is 15.1 Å². The zero-order valence-corrected chi connectivity index (χ0v) is 11.2. The molecule has 0 spiro atoms. The van der Waals surface area contributed by atoms with Crippen LogP contribution in [0.3, 0.4) is 0 Å². The minimum absolute atomic E-state index is 0.388. The van der Waals surface area contributed by atoms with Gasteiger partial charge in [0.05, 0.1) is 18.0 Å². The maximum Gasteiger partial charge on any atom is 0.229 e. The molecule has 0 aliphatic carbocycles. The predicted octanol–water partition coefficient (Wildman–Crippen LogP) is 2.60. The van der Waals surface area contributed by atoms with Crippen LogP contribution in [-0.4, -0.2) is 26.3 Å². The molecule has 0 aliphatic rings. The number of aliphatic hydroxyl groups excluding tert-OH is 1. The van der Waals surface area contributed by atoms with Crippen molar-refractivity contribution in [3.63, 3.8) is 0 Å². The maximum absolute atomic E-state index is 9.60. The van der Waals surface area contributed by atoms with Crippen LogP contribution in [0, 0.1) is 0 Å². The molecule has 3 aromatic rings.